The molecule has 0 amide bonds. The minimum atomic E-state index is 0.561. The van der Waals surface area contributed by atoms with Crippen molar-refractivity contribution in [1.82, 2.24) is 0 Å². The van der Waals surface area contributed by atoms with Crippen molar-refractivity contribution < 1.29 is 0 Å². The molecule has 8 heavy (non-hydrogen) atoms. The summed E-state index contributed by atoms with van der Waals surface area (Å²) in [7, 11) is 0. The molecule has 0 aromatic heterocycles. The van der Waals surface area contributed by atoms with Gasteiger partial charge >= 0.3 is 0 Å². The van der Waals surface area contributed by atoms with Gasteiger partial charge in [0.2, 0.25) is 0 Å². The maximum absolute atomic E-state index is 5.48. The van der Waals surface area contributed by atoms with Gasteiger partial charge in [-0.15, -0.1) is 23.4 Å². The summed E-state index contributed by atoms with van der Waals surface area (Å²) in [5.41, 5.74) is 0. The quantitative estimate of drug-likeness (QED) is 0.655. The van der Waals surface area contributed by atoms with Crippen LogP contribution < -0.4 is 0 Å². The van der Waals surface area contributed by atoms with Crippen LogP contribution in [-0.4, -0.2) is 15.3 Å². The van der Waals surface area contributed by atoms with Crippen LogP contribution >= 0.6 is 39.3 Å². The second-order valence-corrected chi connectivity index (χ2v) is 5.05. The van der Waals surface area contributed by atoms with Gasteiger partial charge in [-0.3, -0.25) is 0 Å². The Hall–Kier alpha value is 1.12. The van der Waals surface area contributed by atoms with Crippen molar-refractivity contribution >= 4 is 39.3 Å². The Bertz CT molecular complexity index is 58.4. The van der Waals surface area contributed by atoms with E-state index in [4.69, 9.17) is 11.6 Å². The Morgan fingerprint density at radius 3 is 2.25 bits per heavy atom. The second kappa shape index (κ2) is 4.95. The van der Waals surface area contributed by atoms with Crippen LogP contribution in [0.1, 0.15) is 13.8 Å². The molecule has 1 unspecified atom stereocenters. The SMILES string of the molecule is CC(Br)[C@H](C)SCCl. The van der Waals surface area contributed by atoms with Gasteiger partial charge in [-0.1, -0.05) is 29.8 Å². The van der Waals surface area contributed by atoms with Crippen LogP contribution in [-0.2, 0) is 0 Å². The monoisotopic (exact) mass is 216 g/mol. The molecule has 0 bridgehead atoms. The number of rotatable bonds is 3. The standard InChI is InChI=1S/C5H10BrClS/c1-4(6)5(2)8-3-7/h4-5H,3H2,1-2H3/t4?,5-/m0/s1. The van der Waals surface area contributed by atoms with Gasteiger partial charge in [0.15, 0.2) is 0 Å². The summed E-state index contributed by atoms with van der Waals surface area (Å²) >= 11 is 10.7. The Balaban J connectivity index is 3.17. The van der Waals surface area contributed by atoms with Crippen molar-refractivity contribution in [1.29, 1.82) is 0 Å². The highest BCUT2D eigenvalue weighted by molar-refractivity contribution is 9.09. The maximum atomic E-state index is 5.48. The topological polar surface area (TPSA) is 0 Å². The summed E-state index contributed by atoms with van der Waals surface area (Å²) in [6.45, 7) is 4.29. The molecule has 0 aromatic rings. The van der Waals surface area contributed by atoms with E-state index in [-0.39, 0.29) is 0 Å². The average molecular weight is 218 g/mol. The third-order valence-electron chi connectivity index (χ3n) is 0.973. The van der Waals surface area contributed by atoms with E-state index in [9.17, 15) is 0 Å². The molecule has 0 aliphatic rings. The number of thioether (sulfide) groups is 1. The highest BCUT2D eigenvalue weighted by atomic mass is 79.9. The first-order valence-electron chi connectivity index (χ1n) is 2.50. The molecule has 0 saturated heterocycles. The lowest BCUT2D eigenvalue weighted by Gasteiger charge is -2.10. The fourth-order valence-corrected chi connectivity index (χ4v) is 1.75. The van der Waals surface area contributed by atoms with Gasteiger partial charge in [0.05, 0.1) is 5.21 Å². The molecule has 0 heterocycles. The molecule has 0 radical (unpaired) electrons. The molecule has 50 valence electrons. The second-order valence-electron chi connectivity index (χ2n) is 1.66. The van der Waals surface area contributed by atoms with Gasteiger partial charge in [-0.2, -0.15) is 0 Å². The smallest absolute Gasteiger partial charge is 0.0683 e. The lowest BCUT2D eigenvalue weighted by atomic mass is 10.4. The molecular weight excluding hydrogens is 207 g/mol. The zero-order chi connectivity index (χ0) is 6.57. The van der Waals surface area contributed by atoms with Crippen LogP contribution in [0.3, 0.4) is 0 Å². The predicted molar refractivity (Wildman–Crippen MR) is 46.2 cm³/mol. The molecule has 0 nitrogen and oxygen atoms in total. The number of hydrogen-bond donors (Lipinski definition) is 0. The fraction of sp³-hybridized carbons (Fsp3) is 1.00. The predicted octanol–water partition coefficient (Wildman–Crippen LogP) is 3.09. The van der Waals surface area contributed by atoms with Crippen molar-refractivity contribution in [3.8, 4) is 0 Å². The van der Waals surface area contributed by atoms with Crippen LogP contribution in [0.5, 0.6) is 0 Å². The molecule has 0 fully saturated rings. The van der Waals surface area contributed by atoms with Gasteiger partial charge in [0, 0.05) is 10.1 Å². The maximum Gasteiger partial charge on any atom is 0.0683 e. The number of hydrogen-bond acceptors (Lipinski definition) is 1. The third-order valence-corrected chi connectivity index (χ3v) is 3.55. The van der Waals surface area contributed by atoms with E-state index in [1.165, 1.54) is 0 Å². The summed E-state index contributed by atoms with van der Waals surface area (Å²) in [4.78, 5) is 0.561. The van der Waals surface area contributed by atoms with Crippen LogP contribution in [0.25, 0.3) is 0 Å². The third kappa shape index (κ3) is 4.04. The lowest BCUT2D eigenvalue weighted by Crippen LogP contribution is -2.07. The Kier molecular flexibility index (Phi) is 5.64. The number of alkyl halides is 2. The van der Waals surface area contributed by atoms with Gasteiger partial charge in [0.1, 0.15) is 0 Å². The average Bonchev–Trinajstić information content (AvgIpc) is 1.67. The first-order chi connectivity index (χ1) is 3.68. The van der Waals surface area contributed by atoms with Gasteiger partial charge in [0.25, 0.3) is 0 Å². The van der Waals surface area contributed by atoms with Crippen molar-refractivity contribution in [2.75, 3.05) is 5.21 Å². The van der Waals surface area contributed by atoms with E-state index >= 15 is 0 Å². The molecule has 0 rings (SSSR count). The molecular formula is C5H10BrClS. The summed E-state index contributed by atoms with van der Waals surface area (Å²) in [5.74, 6) is 0. The molecule has 0 aliphatic heterocycles. The van der Waals surface area contributed by atoms with Crippen LogP contribution in [0.15, 0.2) is 0 Å². The molecule has 0 N–H and O–H groups in total. The van der Waals surface area contributed by atoms with Crippen LogP contribution in [0.4, 0.5) is 0 Å². The van der Waals surface area contributed by atoms with E-state index in [0.717, 1.165) is 0 Å². The number of halogens is 2. The zero-order valence-electron chi connectivity index (χ0n) is 5.03. The van der Waals surface area contributed by atoms with Crippen molar-refractivity contribution in [3.05, 3.63) is 0 Å². The molecule has 0 saturated carbocycles. The van der Waals surface area contributed by atoms with E-state index in [1.54, 1.807) is 11.8 Å². The molecule has 2 atom stereocenters. The largest absolute Gasteiger partial charge is 0.141 e. The van der Waals surface area contributed by atoms with Crippen molar-refractivity contribution in [2.45, 2.75) is 23.9 Å². The highest BCUT2D eigenvalue weighted by Gasteiger charge is 2.06. The van der Waals surface area contributed by atoms with E-state index < -0.39 is 0 Å². The zero-order valence-corrected chi connectivity index (χ0v) is 8.18. The normalized spacial score (nSPS) is 18.0. The summed E-state index contributed by atoms with van der Waals surface area (Å²) < 4.78 is 0. The van der Waals surface area contributed by atoms with Crippen LogP contribution in [0, 0.1) is 0 Å². The molecule has 3 heteroatoms. The van der Waals surface area contributed by atoms with Crippen molar-refractivity contribution in [3.63, 3.8) is 0 Å². The lowest BCUT2D eigenvalue weighted by molar-refractivity contribution is 0.945. The minimum Gasteiger partial charge on any atom is -0.141 e. The summed E-state index contributed by atoms with van der Waals surface area (Å²) in [6, 6.07) is 0. The fourth-order valence-electron chi connectivity index (χ4n) is 0.232. The Labute approximate surface area is 68.5 Å². The van der Waals surface area contributed by atoms with Crippen molar-refractivity contribution in [2.24, 2.45) is 0 Å². The molecule has 0 spiro atoms. The first kappa shape index (κ1) is 9.12. The van der Waals surface area contributed by atoms with Crippen LogP contribution in [0.2, 0.25) is 0 Å². The molecule has 0 aromatic carbocycles. The van der Waals surface area contributed by atoms with E-state index in [1.807, 2.05) is 0 Å². The Morgan fingerprint density at radius 1 is 1.62 bits per heavy atom. The summed E-state index contributed by atoms with van der Waals surface area (Å²) in [6.07, 6.45) is 0. The van der Waals surface area contributed by atoms with Gasteiger partial charge in [-0.05, 0) is 0 Å². The van der Waals surface area contributed by atoms with Gasteiger partial charge < -0.3 is 0 Å². The minimum absolute atomic E-state index is 0.561. The van der Waals surface area contributed by atoms with Gasteiger partial charge in [-0.25, -0.2) is 0 Å². The highest BCUT2D eigenvalue weighted by Crippen LogP contribution is 2.19. The summed E-state index contributed by atoms with van der Waals surface area (Å²) in [5, 5.41) is 1.31. The van der Waals surface area contributed by atoms with E-state index in [2.05, 4.69) is 29.8 Å². The first-order valence-corrected chi connectivity index (χ1v) is 5.00. The molecule has 0 aliphatic carbocycles. The Morgan fingerprint density at radius 2 is 2.12 bits per heavy atom. The van der Waals surface area contributed by atoms with E-state index in [0.29, 0.717) is 15.3 Å².